The minimum absolute atomic E-state index is 0.0662. The van der Waals surface area contributed by atoms with Gasteiger partial charge in [0.2, 0.25) is 24.1 Å². The molecule has 0 amide bonds. The van der Waals surface area contributed by atoms with Gasteiger partial charge in [-0.15, -0.1) is 0 Å². The molecule has 0 radical (unpaired) electrons. The van der Waals surface area contributed by atoms with Crippen molar-refractivity contribution in [2.45, 2.75) is 73.2 Å². The minimum Gasteiger partial charge on any atom is -0.507 e. The van der Waals surface area contributed by atoms with Crippen molar-refractivity contribution in [1.29, 1.82) is 0 Å². The highest BCUT2D eigenvalue weighted by atomic mass is 16.7. The van der Waals surface area contributed by atoms with Crippen molar-refractivity contribution in [1.82, 2.24) is 0 Å². The molecule has 12 N–H and O–H groups in total. The fraction of sp³-hybridized carbons (Fsp3) is 0.318. The lowest BCUT2D eigenvalue weighted by Crippen LogP contribution is -2.61. The molecule has 23 heteroatoms. The molecule has 12 atom stereocenters. The third kappa shape index (κ3) is 7.76. The van der Waals surface area contributed by atoms with E-state index in [9.17, 15) is 90.0 Å². The summed E-state index contributed by atoms with van der Waals surface area (Å²) >= 11 is 0. The summed E-state index contributed by atoms with van der Waals surface area (Å²) < 4.78 is 28.0. The lowest BCUT2D eigenvalue weighted by atomic mass is 9.63. The van der Waals surface area contributed by atoms with Crippen molar-refractivity contribution in [3.05, 3.63) is 116 Å². The zero-order valence-corrected chi connectivity index (χ0v) is 34.0. The molecule has 23 nitrogen and oxygen atoms in total. The quantitative estimate of drug-likeness (QED) is 0.0638. The molecule has 2 aliphatic heterocycles. The monoisotopic (exact) mass is 934 g/mol. The Kier molecular flexibility index (Phi) is 12.2. The first kappa shape index (κ1) is 46.5. The molecular weight excluding hydrogens is 896 g/mol. The molecule has 0 bridgehead atoms. The van der Waals surface area contributed by atoms with Gasteiger partial charge >= 0.3 is 23.9 Å². The van der Waals surface area contributed by atoms with Crippen LogP contribution in [0, 0.1) is 0 Å². The summed E-state index contributed by atoms with van der Waals surface area (Å²) in [7, 11) is 0. The summed E-state index contributed by atoms with van der Waals surface area (Å²) in [6, 6.07) is 11.3. The third-order valence-electron chi connectivity index (χ3n) is 12.1. The van der Waals surface area contributed by atoms with E-state index in [2.05, 4.69) is 0 Å². The Morgan fingerprint density at radius 2 is 0.970 bits per heavy atom. The maximum Gasteiger partial charge on any atom is 0.417 e. The van der Waals surface area contributed by atoms with Crippen LogP contribution in [0.3, 0.4) is 0 Å². The number of hydrogen-bond donors (Lipinski definition) is 12. The summed E-state index contributed by atoms with van der Waals surface area (Å²) in [4.78, 5) is 78.3. The van der Waals surface area contributed by atoms with Gasteiger partial charge in [-0.1, -0.05) is 24.3 Å². The number of phenols is 2. The van der Waals surface area contributed by atoms with Crippen molar-refractivity contribution in [3.63, 3.8) is 0 Å². The van der Waals surface area contributed by atoms with Crippen LogP contribution in [0.5, 0.6) is 23.0 Å². The SMILES string of the molecule is O=C(O)C(=O)O[C@H]1[C@H](Oc2cccc3c2C(=O)c2c(O)cc(C(=O)O)cc2[C@H]3[C@H]2c3cc(C(=O)O)cc(O)c3C(=O)c3c(O[C@@H]4O[C@H](CO)[C@@H](O)[C@H](O)[C@H]4O)cccc32)O[C@H](CO)[C@@H](O)[C@@H]1O. The first-order valence-electron chi connectivity index (χ1n) is 20.0. The first-order chi connectivity index (χ1) is 31.8. The fourth-order valence-corrected chi connectivity index (χ4v) is 9.00. The lowest BCUT2D eigenvalue weighted by molar-refractivity contribution is -0.282. The highest BCUT2D eigenvalue weighted by Crippen LogP contribution is 2.56. The second-order valence-electron chi connectivity index (χ2n) is 15.9. The molecule has 0 aromatic heterocycles. The Hall–Kier alpha value is -7.06. The van der Waals surface area contributed by atoms with E-state index < -0.39 is 173 Å². The number of carboxylic acid groups (broad SMARTS) is 3. The number of carboxylic acids is 3. The second kappa shape index (κ2) is 17.6. The minimum atomic E-state index is -2.16. The zero-order chi connectivity index (χ0) is 48.5. The molecule has 0 unspecified atom stereocenters. The second-order valence-corrected chi connectivity index (χ2v) is 15.9. The first-order valence-corrected chi connectivity index (χ1v) is 20.0. The molecule has 4 aromatic rings. The van der Waals surface area contributed by atoms with Crippen molar-refractivity contribution in [2.24, 2.45) is 0 Å². The Morgan fingerprint density at radius 1 is 0.537 bits per heavy atom. The average Bonchev–Trinajstić information content (AvgIpc) is 3.29. The van der Waals surface area contributed by atoms with Crippen LogP contribution < -0.4 is 9.47 Å². The number of benzene rings is 4. The molecule has 352 valence electrons. The molecule has 2 fully saturated rings. The number of hydrogen-bond acceptors (Lipinski definition) is 20. The van der Waals surface area contributed by atoms with Crippen molar-refractivity contribution >= 4 is 35.4 Å². The maximum atomic E-state index is 14.8. The Bertz CT molecular complexity index is 2730. The van der Waals surface area contributed by atoms with Gasteiger partial charge in [-0.05, 0) is 58.7 Å². The summed E-state index contributed by atoms with van der Waals surface area (Å²) in [5, 5.41) is 126. The number of aliphatic hydroxyl groups excluding tert-OH is 7. The number of aromatic carboxylic acids is 2. The van der Waals surface area contributed by atoms with Crippen LogP contribution >= 0.6 is 0 Å². The van der Waals surface area contributed by atoms with Crippen LogP contribution in [0.1, 0.15) is 86.6 Å². The number of fused-ring (bicyclic) bond motifs is 4. The van der Waals surface area contributed by atoms with Crippen LogP contribution in [0.4, 0.5) is 0 Å². The van der Waals surface area contributed by atoms with Gasteiger partial charge in [0.25, 0.3) is 0 Å². The number of phenolic OH excluding ortho intramolecular Hbond substituents is 2. The standard InChI is InChI=1S/C44H38O23/c45-11-23-31(49)35(53)37(55)43(65-23)63-21-5-1-3-15-25(17-7-13(39(56)57)9-19(47)27(17)33(51)29(15)21)26-16-4-2-6-22(30(16)34(52)28-18(26)8-14(40(58)59)10-20(28)48)64-44-38(67-42(62)41(60)61)36(54)32(50)24(12-46)66-44/h1-10,23-26,31-32,35-38,43-50,53-55H,11-12H2,(H,56,57)(H,58,59)(H,60,61)/t23-,24-,25-,26+,31-,32-,35+,36+,37-,38-,43-,44-/m1/s1. The van der Waals surface area contributed by atoms with Gasteiger partial charge in [0.1, 0.15) is 65.7 Å². The van der Waals surface area contributed by atoms with Crippen LogP contribution in [-0.2, 0) is 23.8 Å². The third-order valence-corrected chi connectivity index (χ3v) is 12.1. The van der Waals surface area contributed by atoms with E-state index in [-0.39, 0.29) is 27.8 Å². The molecule has 4 aliphatic rings. The average molecular weight is 935 g/mol. The van der Waals surface area contributed by atoms with E-state index in [0.717, 1.165) is 30.3 Å². The molecule has 2 saturated heterocycles. The summed E-state index contributed by atoms with van der Waals surface area (Å²) in [6.45, 7) is -1.82. The molecule has 67 heavy (non-hydrogen) atoms. The van der Waals surface area contributed by atoms with E-state index in [4.69, 9.17) is 23.7 Å². The molecule has 2 heterocycles. The molecule has 4 aromatic carbocycles. The number of ether oxygens (including phenoxy) is 5. The Labute approximate surface area is 374 Å². The van der Waals surface area contributed by atoms with Gasteiger partial charge in [-0.2, -0.15) is 0 Å². The van der Waals surface area contributed by atoms with Gasteiger partial charge in [0.05, 0.1) is 46.6 Å². The lowest BCUT2D eigenvalue weighted by Gasteiger charge is -2.42. The van der Waals surface area contributed by atoms with Crippen LogP contribution in [0.25, 0.3) is 0 Å². The predicted octanol–water partition coefficient (Wildman–Crippen LogP) is -1.46. The van der Waals surface area contributed by atoms with Gasteiger partial charge in [0, 0.05) is 11.8 Å². The fourth-order valence-electron chi connectivity index (χ4n) is 9.00. The zero-order valence-electron chi connectivity index (χ0n) is 34.0. The highest BCUT2D eigenvalue weighted by Gasteiger charge is 2.51. The van der Waals surface area contributed by atoms with E-state index in [1.54, 1.807) is 0 Å². The van der Waals surface area contributed by atoms with E-state index in [1.165, 1.54) is 30.3 Å². The van der Waals surface area contributed by atoms with Gasteiger partial charge in [0.15, 0.2) is 6.10 Å². The van der Waals surface area contributed by atoms with Crippen LogP contribution in [0.15, 0.2) is 60.7 Å². The summed E-state index contributed by atoms with van der Waals surface area (Å²) in [5.41, 5.74) is -3.67. The Balaban J connectivity index is 1.37. The number of esters is 1. The predicted molar refractivity (Wildman–Crippen MR) is 214 cm³/mol. The van der Waals surface area contributed by atoms with Crippen molar-refractivity contribution < 1.29 is 114 Å². The van der Waals surface area contributed by atoms with Crippen LogP contribution in [-0.4, -0.2) is 171 Å². The number of carbonyl (C=O) groups is 6. The number of rotatable bonds is 10. The van der Waals surface area contributed by atoms with E-state index in [1.807, 2.05) is 0 Å². The summed E-state index contributed by atoms with van der Waals surface area (Å²) in [6.07, 6.45) is -19.1. The molecule has 2 aliphatic carbocycles. The molecule has 8 rings (SSSR count). The summed E-state index contributed by atoms with van der Waals surface area (Å²) in [5.74, 6) is -15.0. The topological polar surface area (TPSA) is 391 Å². The Morgan fingerprint density at radius 3 is 1.40 bits per heavy atom. The largest absolute Gasteiger partial charge is 0.507 e. The van der Waals surface area contributed by atoms with E-state index >= 15 is 0 Å². The van der Waals surface area contributed by atoms with Crippen molar-refractivity contribution in [3.8, 4) is 23.0 Å². The van der Waals surface area contributed by atoms with Gasteiger partial charge < -0.3 is 85.0 Å². The number of carbonyl (C=O) groups excluding carboxylic acids is 3. The molecule has 0 saturated carbocycles. The smallest absolute Gasteiger partial charge is 0.417 e. The van der Waals surface area contributed by atoms with Crippen LogP contribution in [0.2, 0.25) is 0 Å². The molecular formula is C44H38O23. The number of aliphatic hydroxyl groups is 7. The number of ketones is 2. The van der Waals surface area contributed by atoms with Gasteiger partial charge in [-0.3, -0.25) is 9.59 Å². The molecule has 0 spiro atoms. The van der Waals surface area contributed by atoms with Crippen molar-refractivity contribution in [2.75, 3.05) is 13.2 Å². The van der Waals surface area contributed by atoms with Gasteiger partial charge in [-0.25, -0.2) is 19.2 Å². The van der Waals surface area contributed by atoms with E-state index in [0.29, 0.717) is 0 Å². The number of aromatic hydroxyl groups is 2. The highest BCUT2D eigenvalue weighted by molar-refractivity contribution is 6.28. The normalized spacial score (nSPS) is 28.5. The maximum absolute atomic E-state index is 14.8. The number of aliphatic carboxylic acids is 1.